The van der Waals surface area contributed by atoms with Crippen molar-refractivity contribution in [1.82, 2.24) is 15.1 Å². The lowest BCUT2D eigenvalue weighted by Gasteiger charge is -2.32. The van der Waals surface area contributed by atoms with E-state index in [-0.39, 0.29) is 5.82 Å². The van der Waals surface area contributed by atoms with Crippen molar-refractivity contribution in [1.29, 1.82) is 0 Å². The van der Waals surface area contributed by atoms with Crippen LogP contribution in [0.1, 0.15) is 5.56 Å². The predicted molar refractivity (Wildman–Crippen MR) is 79.7 cm³/mol. The van der Waals surface area contributed by atoms with Crippen LogP contribution in [0.2, 0.25) is 0 Å². The molecule has 1 fully saturated rings. The van der Waals surface area contributed by atoms with E-state index < -0.39 is 0 Å². The lowest BCUT2D eigenvalue weighted by Crippen LogP contribution is -2.46. The first-order valence-corrected chi connectivity index (χ1v) is 7.50. The van der Waals surface area contributed by atoms with Gasteiger partial charge in [0.05, 0.1) is 0 Å². The number of rotatable bonds is 5. The third kappa shape index (κ3) is 4.84. The molecule has 0 saturated carbocycles. The van der Waals surface area contributed by atoms with Crippen molar-refractivity contribution in [3.8, 4) is 0 Å². The molecule has 0 aliphatic carbocycles. The molecule has 0 spiro atoms. The maximum Gasteiger partial charge on any atom is 0.123 e. The molecule has 1 N–H and O–H groups in total. The van der Waals surface area contributed by atoms with Gasteiger partial charge in [-0.3, -0.25) is 4.90 Å². The zero-order valence-corrected chi connectivity index (χ0v) is 12.9. The van der Waals surface area contributed by atoms with E-state index in [1.165, 1.54) is 6.07 Å². The molecule has 106 valence electrons. The Balaban J connectivity index is 1.68. The minimum atomic E-state index is -0.181. The van der Waals surface area contributed by atoms with Gasteiger partial charge in [-0.1, -0.05) is 15.9 Å². The number of nitrogens with zero attached hydrogens (tertiary/aromatic N) is 2. The summed E-state index contributed by atoms with van der Waals surface area (Å²) in [7, 11) is 2.16. The summed E-state index contributed by atoms with van der Waals surface area (Å²) >= 11 is 3.44. The van der Waals surface area contributed by atoms with Gasteiger partial charge in [0.1, 0.15) is 5.82 Å². The van der Waals surface area contributed by atoms with Crippen molar-refractivity contribution < 1.29 is 4.39 Å². The maximum atomic E-state index is 13.1. The number of likely N-dealkylation sites (N-methyl/N-ethyl adjacent to an activating group) is 1. The maximum absolute atomic E-state index is 13.1. The molecule has 1 aliphatic rings. The van der Waals surface area contributed by atoms with Crippen LogP contribution in [-0.4, -0.2) is 56.1 Å². The fourth-order valence-electron chi connectivity index (χ4n) is 2.21. The molecule has 1 aromatic carbocycles. The third-order valence-corrected chi connectivity index (χ3v) is 4.30. The highest BCUT2D eigenvalue weighted by molar-refractivity contribution is 9.10. The molecule has 0 bridgehead atoms. The second-order valence-electron chi connectivity index (χ2n) is 5.06. The van der Waals surface area contributed by atoms with Gasteiger partial charge < -0.3 is 10.2 Å². The van der Waals surface area contributed by atoms with E-state index in [0.717, 1.165) is 49.3 Å². The topological polar surface area (TPSA) is 18.5 Å². The molecule has 19 heavy (non-hydrogen) atoms. The van der Waals surface area contributed by atoms with Crippen LogP contribution in [0, 0.1) is 5.82 Å². The van der Waals surface area contributed by atoms with Crippen LogP contribution in [-0.2, 0) is 6.54 Å². The van der Waals surface area contributed by atoms with Gasteiger partial charge >= 0.3 is 0 Å². The molecule has 3 nitrogen and oxygen atoms in total. The molecule has 1 aromatic rings. The first-order chi connectivity index (χ1) is 9.15. The van der Waals surface area contributed by atoms with Crippen LogP contribution in [0.4, 0.5) is 4.39 Å². The summed E-state index contributed by atoms with van der Waals surface area (Å²) in [5.74, 6) is -0.181. The lowest BCUT2D eigenvalue weighted by atomic mass is 10.2. The largest absolute Gasteiger partial charge is 0.311 e. The smallest absolute Gasteiger partial charge is 0.123 e. The minimum absolute atomic E-state index is 0.181. The minimum Gasteiger partial charge on any atom is -0.311 e. The number of hydrogen-bond donors (Lipinski definition) is 1. The van der Waals surface area contributed by atoms with Gasteiger partial charge in [-0.15, -0.1) is 0 Å². The van der Waals surface area contributed by atoms with Crippen molar-refractivity contribution >= 4 is 15.9 Å². The van der Waals surface area contributed by atoms with Crippen LogP contribution in [0.25, 0.3) is 0 Å². The lowest BCUT2D eigenvalue weighted by molar-refractivity contribution is 0.154. The van der Waals surface area contributed by atoms with Crippen LogP contribution in [0.5, 0.6) is 0 Å². The summed E-state index contributed by atoms with van der Waals surface area (Å²) in [6.07, 6.45) is 0. The molecular weight excluding hydrogens is 309 g/mol. The van der Waals surface area contributed by atoms with Crippen LogP contribution in [0.15, 0.2) is 22.7 Å². The molecular formula is C14H21BrFN3. The molecule has 2 rings (SSSR count). The first-order valence-electron chi connectivity index (χ1n) is 6.71. The van der Waals surface area contributed by atoms with Gasteiger partial charge in [-0.25, -0.2) is 4.39 Å². The van der Waals surface area contributed by atoms with Crippen LogP contribution < -0.4 is 5.32 Å². The highest BCUT2D eigenvalue weighted by Crippen LogP contribution is 2.17. The zero-order valence-electron chi connectivity index (χ0n) is 11.3. The van der Waals surface area contributed by atoms with Crippen LogP contribution in [0.3, 0.4) is 0 Å². The molecule has 0 unspecified atom stereocenters. The van der Waals surface area contributed by atoms with E-state index >= 15 is 0 Å². The van der Waals surface area contributed by atoms with Gasteiger partial charge in [0.2, 0.25) is 0 Å². The summed E-state index contributed by atoms with van der Waals surface area (Å²) in [6, 6.07) is 4.80. The summed E-state index contributed by atoms with van der Waals surface area (Å²) in [6.45, 7) is 7.27. The Kier molecular flexibility index (Phi) is 5.76. The summed E-state index contributed by atoms with van der Waals surface area (Å²) in [5.41, 5.74) is 0.971. The van der Waals surface area contributed by atoms with E-state index in [9.17, 15) is 4.39 Å². The highest BCUT2D eigenvalue weighted by atomic mass is 79.9. The van der Waals surface area contributed by atoms with Crippen molar-refractivity contribution in [2.45, 2.75) is 6.54 Å². The first kappa shape index (κ1) is 14.9. The Morgan fingerprint density at radius 3 is 2.74 bits per heavy atom. The Bertz CT molecular complexity index is 406. The van der Waals surface area contributed by atoms with Crippen molar-refractivity contribution in [3.63, 3.8) is 0 Å². The quantitative estimate of drug-likeness (QED) is 0.833. The van der Waals surface area contributed by atoms with Gasteiger partial charge in [0.15, 0.2) is 0 Å². The normalized spacial score (nSPS) is 17.8. The third-order valence-electron chi connectivity index (χ3n) is 3.52. The number of benzene rings is 1. The fraction of sp³-hybridized carbons (Fsp3) is 0.571. The van der Waals surface area contributed by atoms with Crippen molar-refractivity contribution in [2.75, 3.05) is 46.3 Å². The van der Waals surface area contributed by atoms with E-state index in [2.05, 4.69) is 38.1 Å². The second kappa shape index (κ2) is 7.33. The molecule has 0 radical (unpaired) electrons. The molecule has 5 heteroatoms. The molecule has 0 atom stereocenters. The summed E-state index contributed by atoms with van der Waals surface area (Å²) in [5, 5.41) is 3.38. The second-order valence-corrected chi connectivity index (χ2v) is 5.91. The standard InChI is InChI=1S/C14H21BrFN3/c1-18-6-8-19(9-7-18)5-4-17-11-12-10-13(16)2-3-14(12)15/h2-3,10,17H,4-9,11H2,1H3. The Morgan fingerprint density at radius 2 is 2.00 bits per heavy atom. The fourth-order valence-corrected chi connectivity index (χ4v) is 2.60. The number of nitrogens with one attached hydrogen (secondary N) is 1. The molecule has 1 saturated heterocycles. The molecule has 0 aromatic heterocycles. The number of halogens is 2. The van der Waals surface area contributed by atoms with E-state index in [1.54, 1.807) is 12.1 Å². The Labute approximate surface area is 122 Å². The monoisotopic (exact) mass is 329 g/mol. The van der Waals surface area contributed by atoms with Gasteiger partial charge in [-0.2, -0.15) is 0 Å². The molecule has 1 heterocycles. The van der Waals surface area contributed by atoms with E-state index in [4.69, 9.17) is 0 Å². The van der Waals surface area contributed by atoms with Gasteiger partial charge in [0.25, 0.3) is 0 Å². The molecule has 0 amide bonds. The SMILES string of the molecule is CN1CCN(CCNCc2cc(F)ccc2Br)CC1. The Morgan fingerprint density at radius 1 is 1.26 bits per heavy atom. The van der Waals surface area contributed by atoms with Crippen LogP contribution >= 0.6 is 15.9 Å². The van der Waals surface area contributed by atoms with Gasteiger partial charge in [-0.05, 0) is 30.8 Å². The summed E-state index contributed by atoms with van der Waals surface area (Å²) in [4.78, 5) is 4.82. The van der Waals surface area contributed by atoms with Crippen molar-refractivity contribution in [3.05, 3.63) is 34.1 Å². The van der Waals surface area contributed by atoms with E-state index in [0.29, 0.717) is 6.54 Å². The number of piperazine rings is 1. The Hall–Kier alpha value is -0.490. The predicted octanol–water partition coefficient (Wildman–Crippen LogP) is 1.93. The average Bonchev–Trinajstić information content (AvgIpc) is 2.40. The van der Waals surface area contributed by atoms with Crippen molar-refractivity contribution in [2.24, 2.45) is 0 Å². The van der Waals surface area contributed by atoms with E-state index in [1.807, 2.05) is 0 Å². The number of hydrogen-bond acceptors (Lipinski definition) is 3. The molecule has 1 aliphatic heterocycles. The highest BCUT2D eigenvalue weighted by Gasteiger charge is 2.12. The average molecular weight is 330 g/mol. The summed E-state index contributed by atoms with van der Waals surface area (Å²) < 4.78 is 14.1. The van der Waals surface area contributed by atoms with Gasteiger partial charge in [0, 0.05) is 50.3 Å². The zero-order chi connectivity index (χ0) is 13.7.